The summed E-state index contributed by atoms with van der Waals surface area (Å²) in [4.78, 5) is 24.7. The van der Waals surface area contributed by atoms with Gasteiger partial charge in [-0.15, -0.1) is 0 Å². The second kappa shape index (κ2) is 9.74. The molecule has 0 bridgehead atoms. The Bertz CT molecular complexity index is 1140. The minimum Gasteiger partial charge on any atom is -0.465 e. The average molecular weight is 457 g/mol. The Labute approximate surface area is 191 Å². The molecule has 5 nitrogen and oxygen atoms in total. The Morgan fingerprint density at radius 3 is 2.75 bits per heavy atom. The van der Waals surface area contributed by atoms with Gasteiger partial charge in [-0.05, 0) is 74.1 Å². The number of aromatic nitrogens is 1. The number of hydrogen-bond donors (Lipinski definition) is 1. The lowest BCUT2D eigenvalue weighted by Gasteiger charge is -2.25. The van der Waals surface area contributed by atoms with Crippen molar-refractivity contribution in [3.63, 3.8) is 0 Å². The molecule has 2 aromatic carbocycles. The molecular weight excluding hydrogens is 431 g/mol. The largest absolute Gasteiger partial charge is 0.465 e. The topological polar surface area (TPSA) is 60.3 Å². The van der Waals surface area contributed by atoms with Gasteiger partial charge in [0.15, 0.2) is 0 Å². The molecule has 1 N–H and O–H groups in total. The van der Waals surface area contributed by atoms with Gasteiger partial charge in [0.1, 0.15) is 12.4 Å². The molecule has 1 aromatic heterocycles. The molecule has 4 rings (SSSR count). The number of carbonyl (C=O) groups excluding carboxylic acids is 2. The molecule has 0 unspecified atom stereocenters. The van der Waals surface area contributed by atoms with Crippen molar-refractivity contribution in [2.75, 3.05) is 6.61 Å². The van der Waals surface area contributed by atoms with E-state index in [1.807, 2.05) is 28.8 Å². The van der Waals surface area contributed by atoms with Gasteiger partial charge in [-0.2, -0.15) is 0 Å². The van der Waals surface area contributed by atoms with E-state index in [0.717, 1.165) is 34.1 Å². The number of esters is 1. The highest BCUT2D eigenvalue weighted by molar-refractivity contribution is 6.30. The van der Waals surface area contributed by atoms with Crippen molar-refractivity contribution >= 4 is 34.4 Å². The van der Waals surface area contributed by atoms with E-state index in [9.17, 15) is 14.0 Å². The summed E-state index contributed by atoms with van der Waals surface area (Å²) in [6.45, 7) is 2.19. The van der Waals surface area contributed by atoms with Crippen LogP contribution in [0.3, 0.4) is 0 Å². The highest BCUT2D eigenvalue weighted by atomic mass is 35.5. The van der Waals surface area contributed by atoms with Crippen molar-refractivity contribution in [1.29, 1.82) is 0 Å². The monoisotopic (exact) mass is 456 g/mol. The summed E-state index contributed by atoms with van der Waals surface area (Å²) in [5.41, 5.74) is 3.90. The number of rotatable bonds is 7. The predicted octanol–water partition coefficient (Wildman–Crippen LogP) is 4.60. The first-order valence-corrected chi connectivity index (χ1v) is 11.3. The first kappa shape index (κ1) is 22.3. The van der Waals surface area contributed by atoms with Gasteiger partial charge in [-0.25, -0.2) is 4.39 Å². The minimum absolute atomic E-state index is 0.00478. The zero-order valence-electron chi connectivity index (χ0n) is 18.0. The summed E-state index contributed by atoms with van der Waals surface area (Å²) in [7, 11) is 0. The van der Waals surface area contributed by atoms with E-state index in [4.69, 9.17) is 16.3 Å². The van der Waals surface area contributed by atoms with E-state index in [-0.39, 0.29) is 30.3 Å². The smallest absolute Gasteiger partial charge is 0.325 e. The fraction of sp³-hybridized carbons (Fsp3) is 0.360. The molecule has 0 radical (unpaired) electrons. The van der Waals surface area contributed by atoms with Crippen molar-refractivity contribution in [2.45, 2.75) is 51.6 Å². The second-order valence-corrected chi connectivity index (χ2v) is 8.55. The standard InChI is InChI=1S/C25H26ClFN2O3/c1-2-32-25(31)15-29-22-10-8-18(27)13-20(22)21-14-19(9-11-23(21)29)28-24(30)12-5-16-3-6-17(26)7-4-16/h3-4,6-8,10,13,19H,2,5,9,11-12,14-15H2,1H3,(H,28,30)/t19-/m0/s1. The molecule has 1 aliphatic rings. The van der Waals surface area contributed by atoms with Crippen LogP contribution in [-0.2, 0) is 40.1 Å². The van der Waals surface area contributed by atoms with Crippen LogP contribution in [0.5, 0.6) is 0 Å². The van der Waals surface area contributed by atoms with Gasteiger partial charge in [0.05, 0.1) is 6.61 Å². The van der Waals surface area contributed by atoms with Crippen LogP contribution in [0.25, 0.3) is 10.9 Å². The lowest BCUT2D eigenvalue weighted by molar-refractivity contribution is -0.143. The van der Waals surface area contributed by atoms with Gasteiger partial charge in [0, 0.05) is 34.1 Å². The zero-order chi connectivity index (χ0) is 22.7. The molecule has 1 atom stereocenters. The van der Waals surface area contributed by atoms with Gasteiger partial charge in [-0.3, -0.25) is 9.59 Å². The van der Waals surface area contributed by atoms with Crippen molar-refractivity contribution in [3.05, 3.63) is 70.1 Å². The summed E-state index contributed by atoms with van der Waals surface area (Å²) in [5.74, 6) is -0.633. The van der Waals surface area contributed by atoms with E-state index in [1.54, 1.807) is 13.0 Å². The highest BCUT2D eigenvalue weighted by Gasteiger charge is 2.27. The summed E-state index contributed by atoms with van der Waals surface area (Å²) < 4.78 is 21.1. The predicted molar refractivity (Wildman–Crippen MR) is 122 cm³/mol. The molecule has 0 saturated heterocycles. The maximum absolute atomic E-state index is 14.0. The van der Waals surface area contributed by atoms with Crippen LogP contribution < -0.4 is 5.32 Å². The maximum atomic E-state index is 14.0. The molecule has 1 heterocycles. The van der Waals surface area contributed by atoms with E-state index in [2.05, 4.69) is 5.32 Å². The molecule has 7 heteroatoms. The second-order valence-electron chi connectivity index (χ2n) is 8.11. The normalized spacial score (nSPS) is 15.4. The van der Waals surface area contributed by atoms with E-state index in [1.165, 1.54) is 12.1 Å². The van der Waals surface area contributed by atoms with Crippen molar-refractivity contribution in [3.8, 4) is 0 Å². The number of carbonyl (C=O) groups is 2. The van der Waals surface area contributed by atoms with Gasteiger partial charge < -0.3 is 14.6 Å². The molecule has 168 valence electrons. The number of ether oxygens (including phenoxy) is 1. The molecule has 1 aliphatic carbocycles. The Morgan fingerprint density at radius 2 is 2.00 bits per heavy atom. The minimum atomic E-state index is -0.317. The number of amides is 1. The lowest BCUT2D eigenvalue weighted by atomic mass is 9.91. The van der Waals surface area contributed by atoms with Crippen LogP contribution in [0.4, 0.5) is 4.39 Å². The first-order chi connectivity index (χ1) is 15.4. The molecule has 0 aliphatic heterocycles. The van der Waals surface area contributed by atoms with Crippen LogP contribution in [0.1, 0.15) is 36.6 Å². The number of nitrogens with one attached hydrogen (secondary N) is 1. The van der Waals surface area contributed by atoms with Gasteiger partial charge in [0.25, 0.3) is 0 Å². The first-order valence-electron chi connectivity index (χ1n) is 10.9. The van der Waals surface area contributed by atoms with Crippen LogP contribution >= 0.6 is 11.6 Å². The Morgan fingerprint density at radius 1 is 1.22 bits per heavy atom. The van der Waals surface area contributed by atoms with Crippen LogP contribution in [0, 0.1) is 5.82 Å². The SMILES string of the molecule is CCOC(=O)Cn1c2c(c3cc(F)ccc31)C[C@@H](NC(=O)CCc1ccc(Cl)cc1)CC2. The lowest BCUT2D eigenvalue weighted by Crippen LogP contribution is -2.39. The molecule has 0 fully saturated rings. The molecule has 0 saturated carbocycles. The number of aryl methyl sites for hydroxylation is 1. The third-order valence-electron chi connectivity index (χ3n) is 5.94. The molecule has 0 spiro atoms. The fourth-order valence-corrected chi connectivity index (χ4v) is 4.60. The third-order valence-corrected chi connectivity index (χ3v) is 6.19. The maximum Gasteiger partial charge on any atom is 0.325 e. The summed E-state index contributed by atoms with van der Waals surface area (Å²) in [5, 5.41) is 4.60. The van der Waals surface area contributed by atoms with E-state index >= 15 is 0 Å². The average Bonchev–Trinajstić information content (AvgIpc) is 3.06. The van der Waals surface area contributed by atoms with Crippen molar-refractivity contribution in [1.82, 2.24) is 9.88 Å². The number of nitrogens with zero attached hydrogens (tertiary/aromatic N) is 1. The van der Waals surface area contributed by atoms with Gasteiger partial charge >= 0.3 is 5.97 Å². The van der Waals surface area contributed by atoms with Gasteiger partial charge in [-0.1, -0.05) is 23.7 Å². The number of fused-ring (bicyclic) bond motifs is 3. The summed E-state index contributed by atoms with van der Waals surface area (Å²) in [6, 6.07) is 12.1. The quantitative estimate of drug-likeness (QED) is 0.528. The third kappa shape index (κ3) is 4.96. The van der Waals surface area contributed by atoms with E-state index in [0.29, 0.717) is 37.3 Å². The molecular formula is C25H26ClFN2O3. The number of halogens is 2. The van der Waals surface area contributed by atoms with Crippen molar-refractivity contribution in [2.24, 2.45) is 0 Å². The Balaban J connectivity index is 1.48. The summed E-state index contributed by atoms with van der Waals surface area (Å²) >= 11 is 5.91. The molecule has 1 amide bonds. The molecule has 32 heavy (non-hydrogen) atoms. The fourth-order valence-electron chi connectivity index (χ4n) is 4.47. The van der Waals surface area contributed by atoms with E-state index < -0.39 is 0 Å². The number of hydrogen-bond acceptors (Lipinski definition) is 3. The highest BCUT2D eigenvalue weighted by Crippen LogP contribution is 2.33. The summed E-state index contributed by atoms with van der Waals surface area (Å²) in [6.07, 6.45) is 3.11. The van der Waals surface area contributed by atoms with Crippen molar-refractivity contribution < 1.29 is 18.7 Å². The Hall–Kier alpha value is -2.86. The zero-order valence-corrected chi connectivity index (χ0v) is 18.8. The number of benzene rings is 2. The Kier molecular flexibility index (Phi) is 6.80. The van der Waals surface area contributed by atoms with Crippen LogP contribution in [0.15, 0.2) is 42.5 Å². The van der Waals surface area contributed by atoms with Gasteiger partial charge in [0.2, 0.25) is 5.91 Å². The van der Waals surface area contributed by atoms with Crippen LogP contribution in [0.2, 0.25) is 5.02 Å². The van der Waals surface area contributed by atoms with Crippen LogP contribution in [-0.4, -0.2) is 29.1 Å². The molecule has 3 aromatic rings.